The molecule has 0 spiro atoms. The Balaban J connectivity index is 2.84. The Hall–Kier alpha value is -0.900. The van der Waals surface area contributed by atoms with Gasteiger partial charge in [-0.15, -0.1) is 0 Å². The van der Waals surface area contributed by atoms with Crippen LogP contribution in [0.3, 0.4) is 0 Å². The van der Waals surface area contributed by atoms with E-state index in [4.69, 9.17) is 10.3 Å². The van der Waals surface area contributed by atoms with Gasteiger partial charge in [0.05, 0.1) is 5.54 Å². The van der Waals surface area contributed by atoms with Crippen LogP contribution in [0.15, 0.2) is 4.52 Å². The highest BCUT2D eigenvalue weighted by Crippen LogP contribution is 2.22. The summed E-state index contributed by atoms with van der Waals surface area (Å²) in [5, 5.41) is 3.94. The zero-order chi connectivity index (χ0) is 10.6. The van der Waals surface area contributed by atoms with Gasteiger partial charge in [0, 0.05) is 6.42 Å². The maximum Gasteiger partial charge on any atom is 0.226 e. The number of nitrogens with zero attached hydrogens (tertiary/aromatic N) is 2. The highest BCUT2D eigenvalue weighted by Gasteiger charge is 2.28. The molecule has 0 saturated carbocycles. The van der Waals surface area contributed by atoms with Crippen LogP contribution in [-0.4, -0.2) is 10.1 Å². The molecule has 2 N–H and O–H groups in total. The van der Waals surface area contributed by atoms with Crippen LogP contribution >= 0.6 is 0 Å². The number of hydrogen-bond donors (Lipinski definition) is 1. The minimum Gasteiger partial charge on any atom is -0.339 e. The van der Waals surface area contributed by atoms with Crippen molar-refractivity contribution in [1.29, 1.82) is 0 Å². The van der Waals surface area contributed by atoms with Crippen LogP contribution in [-0.2, 0) is 12.0 Å². The molecule has 0 fully saturated rings. The molecule has 0 saturated heterocycles. The van der Waals surface area contributed by atoms with Gasteiger partial charge in [-0.05, 0) is 19.3 Å². The molecule has 14 heavy (non-hydrogen) atoms. The molecule has 0 aromatic carbocycles. The molecule has 0 aliphatic heterocycles. The van der Waals surface area contributed by atoms with E-state index in [0.717, 1.165) is 25.7 Å². The Morgan fingerprint density at radius 3 is 2.43 bits per heavy atom. The molecule has 0 aliphatic carbocycles. The first-order valence-electron chi connectivity index (χ1n) is 5.28. The van der Waals surface area contributed by atoms with Crippen LogP contribution < -0.4 is 5.73 Å². The number of hydrogen-bond acceptors (Lipinski definition) is 4. The topological polar surface area (TPSA) is 64.9 Å². The lowest BCUT2D eigenvalue weighted by Gasteiger charge is -2.21. The van der Waals surface area contributed by atoms with Crippen molar-refractivity contribution in [1.82, 2.24) is 10.1 Å². The Morgan fingerprint density at radius 1 is 1.29 bits per heavy atom. The Bertz CT molecular complexity index is 279. The van der Waals surface area contributed by atoms with E-state index in [1.807, 2.05) is 13.8 Å². The zero-order valence-corrected chi connectivity index (χ0v) is 9.21. The highest BCUT2D eigenvalue weighted by molar-refractivity contribution is 5.02. The van der Waals surface area contributed by atoms with E-state index < -0.39 is 5.54 Å². The highest BCUT2D eigenvalue weighted by atomic mass is 16.5. The lowest BCUT2D eigenvalue weighted by atomic mass is 9.93. The first-order chi connectivity index (χ1) is 6.66. The van der Waals surface area contributed by atoms with Crippen molar-refractivity contribution in [2.45, 2.75) is 52.0 Å². The van der Waals surface area contributed by atoms with Gasteiger partial charge in [-0.25, -0.2) is 0 Å². The third kappa shape index (κ3) is 2.12. The van der Waals surface area contributed by atoms with Crippen molar-refractivity contribution >= 4 is 0 Å². The van der Waals surface area contributed by atoms with Crippen LogP contribution in [0.4, 0.5) is 0 Å². The predicted octanol–water partition coefficient (Wildman–Crippen LogP) is 2.00. The summed E-state index contributed by atoms with van der Waals surface area (Å²) in [6, 6.07) is 0. The predicted molar refractivity (Wildman–Crippen MR) is 54.7 cm³/mol. The summed E-state index contributed by atoms with van der Waals surface area (Å²) in [5.74, 6) is 1.34. The van der Waals surface area contributed by atoms with E-state index in [1.54, 1.807) is 0 Å². The number of rotatable bonds is 5. The normalized spacial score (nSPS) is 12.0. The largest absolute Gasteiger partial charge is 0.339 e. The third-order valence-corrected chi connectivity index (χ3v) is 2.64. The van der Waals surface area contributed by atoms with Crippen LogP contribution in [0.25, 0.3) is 0 Å². The second-order valence-corrected chi connectivity index (χ2v) is 3.62. The third-order valence-electron chi connectivity index (χ3n) is 2.64. The van der Waals surface area contributed by atoms with Crippen LogP contribution in [0.2, 0.25) is 0 Å². The van der Waals surface area contributed by atoms with Crippen LogP contribution in [0.5, 0.6) is 0 Å². The van der Waals surface area contributed by atoms with Gasteiger partial charge in [-0.2, -0.15) is 4.98 Å². The van der Waals surface area contributed by atoms with Gasteiger partial charge in [0.1, 0.15) is 0 Å². The van der Waals surface area contributed by atoms with Crippen molar-refractivity contribution in [3.05, 3.63) is 11.7 Å². The van der Waals surface area contributed by atoms with Crippen LogP contribution in [0.1, 0.15) is 51.7 Å². The average molecular weight is 197 g/mol. The Morgan fingerprint density at radius 2 is 1.93 bits per heavy atom. The molecule has 4 heteroatoms. The Kier molecular flexibility index (Phi) is 3.63. The zero-order valence-electron chi connectivity index (χ0n) is 9.21. The standard InChI is InChI=1S/C10H19N3O/c1-4-7-8-12-9(13-14-8)10(11,5-2)6-3/h4-7,11H2,1-3H3. The summed E-state index contributed by atoms with van der Waals surface area (Å²) in [6.45, 7) is 6.16. The molecule has 0 radical (unpaired) electrons. The first-order valence-corrected chi connectivity index (χ1v) is 5.28. The van der Waals surface area contributed by atoms with Gasteiger partial charge < -0.3 is 10.3 Å². The van der Waals surface area contributed by atoms with E-state index in [0.29, 0.717) is 11.7 Å². The fraction of sp³-hybridized carbons (Fsp3) is 0.800. The second kappa shape index (κ2) is 4.55. The summed E-state index contributed by atoms with van der Waals surface area (Å²) >= 11 is 0. The summed E-state index contributed by atoms with van der Waals surface area (Å²) in [5.41, 5.74) is 5.72. The molecule has 0 amide bonds. The van der Waals surface area contributed by atoms with Gasteiger partial charge in [-0.1, -0.05) is 25.9 Å². The minimum absolute atomic E-state index is 0.421. The maximum atomic E-state index is 6.14. The summed E-state index contributed by atoms with van der Waals surface area (Å²) in [6.07, 6.45) is 3.50. The van der Waals surface area contributed by atoms with E-state index in [-0.39, 0.29) is 0 Å². The fourth-order valence-electron chi connectivity index (χ4n) is 1.34. The van der Waals surface area contributed by atoms with Gasteiger partial charge >= 0.3 is 0 Å². The van der Waals surface area contributed by atoms with Gasteiger partial charge in [0.25, 0.3) is 0 Å². The van der Waals surface area contributed by atoms with E-state index in [1.165, 1.54) is 0 Å². The molecule has 1 heterocycles. The Labute approximate surface area is 84.9 Å². The average Bonchev–Trinajstić information content (AvgIpc) is 2.66. The molecule has 1 aromatic rings. The molecule has 0 unspecified atom stereocenters. The summed E-state index contributed by atoms with van der Waals surface area (Å²) in [7, 11) is 0. The van der Waals surface area contributed by atoms with E-state index in [9.17, 15) is 0 Å². The molecule has 0 bridgehead atoms. The molecule has 0 atom stereocenters. The van der Waals surface area contributed by atoms with Gasteiger partial charge in [0.2, 0.25) is 5.89 Å². The van der Waals surface area contributed by atoms with E-state index in [2.05, 4.69) is 17.1 Å². The summed E-state index contributed by atoms with van der Waals surface area (Å²) in [4.78, 5) is 4.31. The first kappa shape index (κ1) is 11.2. The molecular weight excluding hydrogens is 178 g/mol. The van der Waals surface area contributed by atoms with Crippen LogP contribution in [0, 0.1) is 0 Å². The number of aromatic nitrogens is 2. The van der Waals surface area contributed by atoms with Gasteiger partial charge in [-0.3, -0.25) is 0 Å². The molecular formula is C10H19N3O. The second-order valence-electron chi connectivity index (χ2n) is 3.62. The molecule has 80 valence electrons. The fourth-order valence-corrected chi connectivity index (χ4v) is 1.34. The molecule has 4 nitrogen and oxygen atoms in total. The maximum absolute atomic E-state index is 6.14. The quantitative estimate of drug-likeness (QED) is 0.784. The number of aryl methyl sites for hydroxylation is 1. The lowest BCUT2D eigenvalue weighted by molar-refractivity contribution is 0.335. The van der Waals surface area contributed by atoms with Crippen molar-refractivity contribution in [2.24, 2.45) is 5.73 Å². The van der Waals surface area contributed by atoms with Crippen molar-refractivity contribution in [3.63, 3.8) is 0 Å². The molecule has 1 aromatic heterocycles. The number of nitrogens with two attached hydrogens (primary N) is 1. The molecule has 0 aliphatic rings. The van der Waals surface area contributed by atoms with Crippen molar-refractivity contribution < 1.29 is 4.52 Å². The minimum atomic E-state index is -0.421. The van der Waals surface area contributed by atoms with Crippen molar-refractivity contribution in [3.8, 4) is 0 Å². The SMILES string of the molecule is CCCc1nc(C(N)(CC)CC)no1. The monoisotopic (exact) mass is 197 g/mol. The summed E-state index contributed by atoms with van der Waals surface area (Å²) < 4.78 is 5.11. The van der Waals surface area contributed by atoms with Crippen molar-refractivity contribution in [2.75, 3.05) is 0 Å². The molecule has 1 rings (SSSR count). The van der Waals surface area contributed by atoms with Gasteiger partial charge in [0.15, 0.2) is 5.82 Å². The van der Waals surface area contributed by atoms with E-state index >= 15 is 0 Å². The smallest absolute Gasteiger partial charge is 0.226 e. The lowest BCUT2D eigenvalue weighted by Crippen LogP contribution is -2.36.